The number of methoxy groups -OCH3 is 1. The van der Waals surface area contributed by atoms with Crippen LogP contribution in [0.1, 0.15) is 33.1 Å². The second-order valence-electron chi connectivity index (χ2n) is 3.49. The van der Waals surface area contributed by atoms with E-state index in [-0.39, 0.29) is 0 Å². The van der Waals surface area contributed by atoms with Crippen LogP contribution in [0.3, 0.4) is 0 Å². The van der Waals surface area contributed by atoms with Crippen molar-refractivity contribution in [3.05, 3.63) is 0 Å². The minimum atomic E-state index is 0.318. The third-order valence-corrected chi connectivity index (χ3v) is 2.48. The fraction of sp³-hybridized carbons (Fsp3) is 1.00. The van der Waals surface area contributed by atoms with Gasteiger partial charge in [0, 0.05) is 20.3 Å². The van der Waals surface area contributed by atoms with E-state index in [1.807, 2.05) is 0 Å². The molecule has 0 saturated heterocycles. The molecule has 2 nitrogen and oxygen atoms in total. The topological polar surface area (TPSA) is 29.5 Å². The van der Waals surface area contributed by atoms with Crippen LogP contribution in [-0.2, 0) is 4.74 Å². The minimum absolute atomic E-state index is 0.318. The summed E-state index contributed by atoms with van der Waals surface area (Å²) in [6, 6.07) is 0. The maximum Gasteiger partial charge on any atom is 0.0464 e. The van der Waals surface area contributed by atoms with Gasteiger partial charge < -0.3 is 9.84 Å². The maximum atomic E-state index is 9.09. The Morgan fingerprint density at radius 3 is 2.42 bits per heavy atom. The fourth-order valence-electron chi connectivity index (χ4n) is 1.47. The molecule has 0 fully saturated rings. The van der Waals surface area contributed by atoms with Crippen LogP contribution in [0.2, 0.25) is 0 Å². The van der Waals surface area contributed by atoms with E-state index in [4.69, 9.17) is 9.84 Å². The standard InChI is InChI=1S/C10H22O2/c1-4-5-10(8-11)9(2)6-7-12-3/h9-11H,4-8H2,1-3H3. The molecule has 2 heteroatoms. The van der Waals surface area contributed by atoms with Crippen molar-refractivity contribution in [3.63, 3.8) is 0 Å². The molecule has 0 aromatic heterocycles. The number of rotatable bonds is 7. The summed E-state index contributed by atoms with van der Waals surface area (Å²) in [5.41, 5.74) is 0. The molecule has 1 N–H and O–H groups in total. The van der Waals surface area contributed by atoms with Gasteiger partial charge in [0.05, 0.1) is 0 Å². The lowest BCUT2D eigenvalue weighted by atomic mass is 9.88. The van der Waals surface area contributed by atoms with Crippen molar-refractivity contribution in [2.24, 2.45) is 11.8 Å². The van der Waals surface area contributed by atoms with Gasteiger partial charge in [0.15, 0.2) is 0 Å². The monoisotopic (exact) mass is 174 g/mol. The lowest BCUT2D eigenvalue weighted by molar-refractivity contribution is 0.129. The molecule has 0 rings (SSSR count). The molecular formula is C10H22O2. The first-order valence-electron chi connectivity index (χ1n) is 4.86. The van der Waals surface area contributed by atoms with Crippen molar-refractivity contribution in [1.82, 2.24) is 0 Å². The average molecular weight is 174 g/mol. The summed E-state index contributed by atoms with van der Waals surface area (Å²) in [6.45, 7) is 5.47. The molecule has 2 unspecified atom stereocenters. The van der Waals surface area contributed by atoms with Gasteiger partial charge in [0.1, 0.15) is 0 Å². The largest absolute Gasteiger partial charge is 0.396 e. The highest BCUT2D eigenvalue weighted by Gasteiger charge is 2.14. The van der Waals surface area contributed by atoms with Gasteiger partial charge in [-0.1, -0.05) is 20.3 Å². The molecule has 0 aromatic rings. The molecule has 0 heterocycles. The Kier molecular flexibility index (Phi) is 7.51. The second-order valence-corrected chi connectivity index (χ2v) is 3.49. The molecule has 0 aliphatic carbocycles. The molecule has 0 saturated carbocycles. The van der Waals surface area contributed by atoms with Gasteiger partial charge >= 0.3 is 0 Å². The van der Waals surface area contributed by atoms with Crippen molar-refractivity contribution >= 4 is 0 Å². The number of aliphatic hydroxyl groups is 1. The van der Waals surface area contributed by atoms with Crippen molar-refractivity contribution in [2.45, 2.75) is 33.1 Å². The van der Waals surface area contributed by atoms with E-state index < -0.39 is 0 Å². The summed E-state index contributed by atoms with van der Waals surface area (Å²) >= 11 is 0. The van der Waals surface area contributed by atoms with E-state index in [9.17, 15) is 0 Å². The molecule has 0 aliphatic rings. The van der Waals surface area contributed by atoms with Crippen LogP contribution in [0, 0.1) is 11.8 Å². The first kappa shape index (κ1) is 11.9. The summed E-state index contributed by atoms with van der Waals surface area (Å²) in [5.74, 6) is 1.04. The lowest BCUT2D eigenvalue weighted by Crippen LogP contribution is -2.17. The van der Waals surface area contributed by atoms with Crippen LogP contribution in [0.25, 0.3) is 0 Å². The molecule has 0 spiro atoms. The van der Waals surface area contributed by atoms with Crippen LogP contribution < -0.4 is 0 Å². The Balaban J connectivity index is 3.60. The van der Waals surface area contributed by atoms with Crippen LogP contribution in [-0.4, -0.2) is 25.4 Å². The second kappa shape index (κ2) is 7.56. The summed E-state index contributed by atoms with van der Waals surface area (Å²) in [5, 5.41) is 9.09. The Morgan fingerprint density at radius 1 is 1.33 bits per heavy atom. The van der Waals surface area contributed by atoms with Crippen molar-refractivity contribution in [2.75, 3.05) is 20.3 Å². The molecule has 0 radical (unpaired) electrons. The van der Waals surface area contributed by atoms with Gasteiger partial charge in [-0.3, -0.25) is 0 Å². The van der Waals surface area contributed by atoms with Gasteiger partial charge in [0.25, 0.3) is 0 Å². The molecular weight excluding hydrogens is 152 g/mol. The highest BCUT2D eigenvalue weighted by molar-refractivity contribution is 4.64. The molecule has 0 aliphatic heterocycles. The third kappa shape index (κ3) is 4.73. The van der Waals surface area contributed by atoms with E-state index in [1.54, 1.807) is 7.11 Å². The lowest BCUT2D eigenvalue weighted by Gasteiger charge is -2.20. The van der Waals surface area contributed by atoms with Gasteiger partial charge in [-0.2, -0.15) is 0 Å². The van der Waals surface area contributed by atoms with Crippen LogP contribution in [0.5, 0.6) is 0 Å². The first-order valence-corrected chi connectivity index (χ1v) is 4.86. The summed E-state index contributed by atoms with van der Waals surface area (Å²) in [6.07, 6.45) is 3.34. The smallest absolute Gasteiger partial charge is 0.0464 e. The van der Waals surface area contributed by atoms with Crippen LogP contribution in [0.15, 0.2) is 0 Å². The molecule has 0 bridgehead atoms. The third-order valence-electron chi connectivity index (χ3n) is 2.48. The maximum absolute atomic E-state index is 9.09. The Bertz CT molecular complexity index is 93.8. The van der Waals surface area contributed by atoms with Crippen molar-refractivity contribution in [1.29, 1.82) is 0 Å². The Morgan fingerprint density at radius 2 is 2.00 bits per heavy atom. The Hall–Kier alpha value is -0.0800. The van der Waals surface area contributed by atoms with E-state index in [1.165, 1.54) is 0 Å². The normalized spacial score (nSPS) is 16.0. The zero-order valence-electron chi connectivity index (χ0n) is 8.55. The van der Waals surface area contributed by atoms with E-state index >= 15 is 0 Å². The highest BCUT2D eigenvalue weighted by Crippen LogP contribution is 2.19. The number of hydrogen-bond acceptors (Lipinski definition) is 2. The van der Waals surface area contributed by atoms with Crippen molar-refractivity contribution in [3.8, 4) is 0 Å². The van der Waals surface area contributed by atoms with E-state index in [2.05, 4.69) is 13.8 Å². The van der Waals surface area contributed by atoms with Crippen LogP contribution >= 0.6 is 0 Å². The highest BCUT2D eigenvalue weighted by atomic mass is 16.5. The zero-order chi connectivity index (χ0) is 9.40. The predicted molar refractivity (Wildman–Crippen MR) is 51.1 cm³/mol. The quantitative estimate of drug-likeness (QED) is 0.640. The molecule has 2 atom stereocenters. The molecule has 0 amide bonds. The SMILES string of the molecule is CCCC(CO)C(C)CCOC. The zero-order valence-corrected chi connectivity index (χ0v) is 8.55. The Labute approximate surface area is 75.9 Å². The number of aliphatic hydroxyl groups excluding tert-OH is 1. The number of ether oxygens (including phenoxy) is 1. The first-order chi connectivity index (χ1) is 5.76. The molecule has 0 aromatic carbocycles. The van der Waals surface area contributed by atoms with Crippen molar-refractivity contribution < 1.29 is 9.84 Å². The number of hydrogen-bond donors (Lipinski definition) is 1. The van der Waals surface area contributed by atoms with Gasteiger partial charge in [-0.15, -0.1) is 0 Å². The average Bonchev–Trinajstić information content (AvgIpc) is 2.10. The summed E-state index contributed by atoms with van der Waals surface area (Å²) in [4.78, 5) is 0. The minimum Gasteiger partial charge on any atom is -0.396 e. The predicted octanol–water partition coefficient (Wildman–Crippen LogP) is 2.07. The molecule has 74 valence electrons. The summed E-state index contributed by atoms with van der Waals surface area (Å²) < 4.78 is 5.00. The van der Waals surface area contributed by atoms with Gasteiger partial charge in [-0.05, 0) is 24.7 Å². The van der Waals surface area contributed by atoms with Crippen LogP contribution in [0.4, 0.5) is 0 Å². The van der Waals surface area contributed by atoms with E-state index in [0.29, 0.717) is 18.4 Å². The summed E-state index contributed by atoms with van der Waals surface area (Å²) in [7, 11) is 1.72. The van der Waals surface area contributed by atoms with Gasteiger partial charge in [-0.25, -0.2) is 0 Å². The molecule has 12 heavy (non-hydrogen) atoms. The fourth-order valence-corrected chi connectivity index (χ4v) is 1.47. The van der Waals surface area contributed by atoms with E-state index in [0.717, 1.165) is 25.9 Å². The van der Waals surface area contributed by atoms with Gasteiger partial charge in [0.2, 0.25) is 0 Å².